The third-order valence-corrected chi connectivity index (χ3v) is 3.06. The Morgan fingerprint density at radius 3 is 3.06 bits per heavy atom. The maximum atomic E-state index is 13.8. The van der Waals surface area contributed by atoms with E-state index in [1.165, 1.54) is 23.6 Å². The molecule has 5 nitrogen and oxygen atoms in total. The lowest BCUT2D eigenvalue weighted by atomic mass is 10.2. The second-order valence-corrected chi connectivity index (χ2v) is 4.39. The van der Waals surface area contributed by atoms with Gasteiger partial charge in [0.15, 0.2) is 11.6 Å². The van der Waals surface area contributed by atoms with Gasteiger partial charge in [-0.3, -0.25) is 9.78 Å². The topological polar surface area (TPSA) is 66.9 Å². The Kier molecular flexibility index (Phi) is 3.83. The van der Waals surface area contributed by atoms with E-state index in [4.69, 9.17) is 0 Å². The van der Waals surface area contributed by atoms with Gasteiger partial charge in [0.2, 0.25) is 0 Å². The van der Waals surface area contributed by atoms with E-state index in [0.29, 0.717) is 6.54 Å². The lowest BCUT2D eigenvalue weighted by Gasteiger charge is -2.07. The Labute approximate surface area is 107 Å². The van der Waals surface area contributed by atoms with Crippen molar-refractivity contribution >= 4 is 23.1 Å². The largest absolute Gasteiger partial charge is 0.371 e. The first kappa shape index (κ1) is 12.4. The molecule has 7 heteroatoms. The molecule has 0 fully saturated rings. The van der Waals surface area contributed by atoms with Crippen molar-refractivity contribution in [3.05, 3.63) is 40.2 Å². The molecule has 0 saturated carbocycles. The van der Waals surface area contributed by atoms with Gasteiger partial charge in [-0.25, -0.2) is 9.37 Å². The first-order valence-corrected chi connectivity index (χ1v) is 6.08. The molecule has 2 N–H and O–H groups in total. The number of aromatic nitrogens is 2. The normalized spacial score (nSPS) is 10.1. The van der Waals surface area contributed by atoms with E-state index < -0.39 is 11.7 Å². The number of halogens is 1. The van der Waals surface area contributed by atoms with Crippen molar-refractivity contribution in [1.82, 2.24) is 15.3 Å². The third-order valence-electron chi connectivity index (χ3n) is 2.28. The highest BCUT2D eigenvalue weighted by molar-refractivity contribution is 7.09. The number of hydrogen-bond donors (Lipinski definition) is 2. The lowest BCUT2D eigenvalue weighted by Crippen LogP contribution is -2.24. The summed E-state index contributed by atoms with van der Waals surface area (Å²) in [6, 6.07) is 1.35. The van der Waals surface area contributed by atoms with Gasteiger partial charge < -0.3 is 10.6 Å². The zero-order chi connectivity index (χ0) is 13.0. The summed E-state index contributed by atoms with van der Waals surface area (Å²) in [6.07, 6.45) is 3.05. The molecule has 0 radical (unpaired) electrons. The summed E-state index contributed by atoms with van der Waals surface area (Å²) < 4.78 is 13.8. The zero-order valence-electron chi connectivity index (χ0n) is 9.61. The summed E-state index contributed by atoms with van der Waals surface area (Å²) in [5.41, 5.74) is 1.65. The third kappa shape index (κ3) is 2.62. The standard InChI is InChI=1S/C11H11FN4OS/c1-13-10-9(12)8(2-3-15-10)11(17)16-5-7-4-14-6-18-7/h2-4,6H,5H2,1H3,(H,13,15)(H,16,17). The van der Waals surface area contributed by atoms with E-state index in [1.807, 2.05) is 0 Å². The molecule has 0 aromatic carbocycles. The van der Waals surface area contributed by atoms with Gasteiger partial charge in [0, 0.05) is 24.3 Å². The number of amides is 1. The molecule has 2 rings (SSSR count). The Morgan fingerprint density at radius 1 is 1.56 bits per heavy atom. The number of hydrogen-bond acceptors (Lipinski definition) is 5. The van der Waals surface area contributed by atoms with Crippen LogP contribution in [0.4, 0.5) is 10.2 Å². The van der Waals surface area contributed by atoms with E-state index >= 15 is 0 Å². The van der Waals surface area contributed by atoms with Crippen LogP contribution in [-0.2, 0) is 6.54 Å². The summed E-state index contributed by atoms with van der Waals surface area (Å²) in [5.74, 6) is -1.07. The van der Waals surface area contributed by atoms with Gasteiger partial charge in [-0.2, -0.15) is 0 Å². The molecule has 18 heavy (non-hydrogen) atoms. The van der Waals surface area contributed by atoms with Crippen molar-refractivity contribution in [3.8, 4) is 0 Å². The van der Waals surface area contributed by atoms with Crippen molar-refractivity contribution in [2.75, 3.05) is 12.4 Å². The molecule has 2 aromatic rings. The van der Waals surface area contributed by atoms with Gasteiger partial charge in [0.1, 0.15) is 0 Å². The molecule has 2 heterocycles. The van der Waals surface area contributed by atoms with Gasteiger partial charge in [-0.15, -0.1) is 11.3 Å². The second kappa shape index (κ2) is 5.54. The molecule has 0 unspecified atom stereocenters. The van der Waals surface area contributed by atoms with Crippen molar-refractivity contribution in [1.29, 1.82) is 0 Å². The van der Waals surface area contributed by atoms with Crippen molar-refractivity contribution in [2.45, 2.75) is 6.54 Å². The minimum absolute atomic E-state index is 0.0288. The highest BCUT2D eigenvalue weighted by Gasteiger charge is 2.15. The highest BCUT2D eigenvalue weighted by Crippen LogP contribution is 2.14. The average Bonchev–Trinajstić information content (AvgIpc) is 2.89. The van der Waals surface area contributed by atoms with E-state index in [0.717, 1.165) is 4.88 Å². The van der Waals surface area contributed by atoms with Crippen molar-refractivity contribution in [3.63, 3.8) is 0 Å². The maximum Gasteiger partial charge on any atom is 0.254 e. The minimum atomic E-state index is -0.651. The minimum Gasteiger partial charge on any atom is -0.371 e. The van der Waals surface area contributed by atoms with Crippen LogP contribution >= 0.6 is 11.3 Å². The first-order chi connectivity index (χ1) is 8.72. The molecule has 0 bridgehead atoms. The smallest absolute Gasteiger partial charge is 0.254 e. The second-order valence-electron chi connectivity index (χ2n) is 3.42. The fourth-order valence-electron chi connectivity index (χ4n) is 1.39. The van der Waals surface area contributed by atoms with Crippen molar-refractivity contribution in [2.24, 2.45) is 0 Å². The van der Waals surface area contributed by atoms with Crippen LogP contribution in [0.15, 0.2) is 24.0 Å². The van der Waals surface area contributed by atoms with E-state index in [2.05, 4.69) is 20.6 Å². The SMILES string of the molecule is CNc1nccc(C(=O)NCc2cncs2)c1F. The number of anilines is 1. The highest BCUT2D eigenvalue weighted by atomic mass is 32.1. The van der Waals surface area contributed by atoms with Crippen LogP contribution in [-0.4, -0.2) is 22.9 Å². The summed E-state index contributed by atoms with van der Waals surface area (Å²) >= 11 is 1.43. The number of carbonyl (C=O) groups is 1. The molecule has 0 saturated heterocycles. The van der Waals surface area contributed by atoms with E-state index in [-0.39, 0.29) is 11.4 Å². The summed E-state index contributed by atoms with van der Waals surface area (Å²) in [7, 11) is 1.55. The van der Waals surface area contributed by atoms with Gasteiger partial charge in [-0.05, 0) is 6.07 Å². The number of thiazole rings is 1. The van der Waals surface area contributed by atoms with Crippen LogP contribution in [0.3, 0.4) is 0 Å². The Bertz CT molecular complexity index is 544. The van der Waals surface area contributed by atoms with Crippen LogP contribution in [0, 0.1) is 5.82 Å². The monoisotopic (exact) mass is 266 g/mol. The lowest BCUT2D eigenvalue weighted by molar-refractivity contribution is 0.0947. The first-order valence-electron chi connectivity index (χ1n) is 5.20. The number of nitrogens with zero attached hydrogens (tertiary/aromatic N) is 2. The molecule has 1 amide bonds. The average molecular weight is 266 g/mol. The Hall–Kier alpha value is -2.02. The molecule has 94 valence electrons. The molecule has 2 aromatic heterocycles. The van der Waals surface area contributed by atoms with Gasteiger partial charge >= 0.3 is 0 Å². The summed E-state index contributed by atoms with van der Waals surface area (Å²) in [6.45, 7) is 0.333. The fraction of sp³-hybridized carbons (Fsp3) is 0.182. The molecule has 0 atom stereocenters. The predicted molar refractivity (Wildman–Crippen MR) is 67.0 cm³/mol. The Morgan fingerprint density at radius 2 is 2.39 bits per heavy atom. The van der Waals surface area contributed by atoms with Gasteiger partial charge in [-0.1, -0.05) is 0 Å². The number of pyridine rings is 1. The van der Waals surface area contributed by atoms with Crippen LogP contribution in [0.25, 0.3) is 0 Å². The van der Waals surface area contributed by atoms with Crippen molar-refractivity contribution < 1.29 is 9.18 Å². The van der Waals surface area contributed by atoms with Gasteiger partial charge in [0.25, 0.3) is 5.91 Å². The molecule has 0 aliphatic rings. The summed E-state index contributed by atoms with van der Waals surface area (Å²) in [4.78, 5) is 20.4. The van der Waals surface area contributed by atoms with E-state index in [9.17, 15) is 9.18 Å². The number of carbonyl (C=O) groups excluding carboxylic acids is 1. The zero-order valence-corrected chi connectivity index (χ0v) is 10.4. The van der Waals surface area contributed by atoms with Gasteiger partial charge in [0.05, 0.1) is 17.6 Å². The van der Waals surface area contributed by atoms with Crippen LogP contribution in [0.5, 0.6) is 0 Å². The molecule has 0 spiro atoms. The molecular formula is C11H11FN4OS. The molecule has 0 aliphatic carbocycles. The predicted octanol–water partition coefficient (Wildman–Crippen LogP) is 1.65. The molecular weight excluding hydrogens is 255 g/mol. The number of rotatable bonds is 4. The van der Waals surface area contributed by atoms with E-state index in [1.54, 1.807) is 18.8 Å². The maximum absolute atomic E-state index is 13.8. The van der Waals surface area contributed by atoms with Crippen LogP contribution in [0.1, 0.15) is 15.2 Å². The number of nitrogens with one attached hydrogen (secondary N) is 2. The Balaban J connectivity index is 2.09. The van der Waals surface area contributed by atoms with Crippen LogP contribution < -0.4 is 10.6 Å². The molecule has 0 aliphatic heterocycles. The van der Waals surface area contributed by atoms with Crippen LogP contribution in [0.2, 0.25) is 0 Å². The summed E-state index contributed by atoms with van der Waals surface area (Å²) in [5, 5.41) is 5.22. The quantitative estimate of drug-likeness (QED) is 0.883. The fourth-order valence-corrected chi connectivity index (χ4v) is 1.92.